The third-order valence-corrected chi connectivity index (χ3v) is 3.56. The number of amides is 2. The number of rotatable bonds is 6. The van der Waals surface area contributed by atoms with Crippen LogP contribution >= 0.6 is 11.3 Å². The standard InChI is InChI=1S/C12H18N2O3S/c1-3-10(4-11(15)16)14-12(17)13-5-9-7-18-6-8(9)2/h6-7,10H,3-5H2,1-2H3,(H,15,16)(H2,13,14,17). The number of thiophene rings is 1. The number of carbonyl (C=O) groups excluding carboxylic acids is 1. The zero-order valence-corrected chi connectivity index (χ0v) is 11.3. The molecule has 6 heteroatoms. The molecule has 1 heterocycles. The van der Waals surface area contributed by atoms with Crippen molar-refractivity contribution in [3.05, 3.63) is 21.9 Å². The van der Waals surface area contributed by atoms with Gasteiger partial charge in [-0.15, -0.1) is 0 Å². The molecule has 0 saturated carbocycles. The van der Waals surface area contributed by atoms with Crippen LogP contribution in [-0.2, 0) is 11.3 Å². The number of hydrogen-bond donors (Lipinski definition) is 3. The number of hydrogen-bond acceptors (Lipinski definition) is 3. The molecule has 0 aromatic carbocycles. The van der Waals surface area contributed by atoms with Gasteiger partial charge in [0.1, 0.15) is 0 Å². The highest BCUT2D eigenvalue weighted by atomic mass is 32.1. The Balaban J connectivity index is 2.37. The van der Waals surface area contributed by atoms with E-state index in [9.17, 15) is 9.59 Å². The molecule has 1 atom stereocenters. The van der Waals surface area contributed by atoms with Gasteiger partial charge in [-0.1, -0.05) is 6.92 Å². The minimum absolute atomic E-state index is 0.0542. The second kappa shape index (κ2) is 7.00. The predicted octanol–water partition coefficient (Wildman–Crippen LogP) is 2.11. The van der Waals surface area contributed by atoms with Crippen LogP contribution in [0.1, 0.15) is 30.9 Å². The van der Waals surface area contributed by atoms with Crippen molar-refractivity contribution in [3.8, 4) is 0 Å². The quantitative estimate of drug-likeness (QED) is 0.740. The zero-order valence-electron chi connectivity index (χ0n) is 10.5. The average molecular weight is 270 g/mol. The summed E-state index contributed by atoms with van der Waals surface area (Å²) in [5, 5.41) is 18.1. The van der Waals surface area contributed by atoms with Crippen molar-refractivity contribution in [1.29, 1.82) is 0 Å². The Bertz CT molecular complexity index is 417. The summed E-state index contributed by atoms with van der Waals surface area (Å²) < 4.78 is 0. The first-order chi connectivity index (χ1) is 8.52. The van der Waals surface area contributed by atoms with Crippen LogP contribution in [0.5, 0.6) is 0 Å². The number of carbonyl (C=O) groups is 2. The first kappa shape index (κ1) is 14.5. The van der Waals surface area contributed by atoms with Gasteiger partial charge in [0.2, 0.25) is 0 Å². The second-order valence-corrected chi connectivity index (χ2v) is 4.85. The van der Waals surface area contributed by atoms with Crippen LogP contribution < -0.4 is 10.6 Å². The molecule has 18 heavy (non-hydrogen) atoms. The fourth-order valence-corrected chi connectivity index (χ4v) is 2.35. The van der Waals surface area contributed by atoms with Crippen molar-refractivity contribution in [2.75, 3.05) is 0 Å². The molecule has 0 spiro atoms. The average Bonchev–Trinajstić information content (AvgIpc) is 2.70. The van der Waals surface area contributed by atoms with E-state index in [4.69, 9.17) is 5.11 Å². The van der Waals surface area contributed by atoms with E-state index in [-0.39, 0.29) is 18.5 Å². The highest BCUT2D eigenvalue weighted by Crippen LogP contribution is 2.12. The molecule has 100 valence electrons. The van der Waals surface area contributed by atoms with Crippen LogP contribution in [0, 0.1) is 6.92 Å². The molecule has 2 amide bonds. The van der Waals surface area contributed by atoms with E-state index in [2.05, 4.69) is 10.6 Å². The van der Waals surface area contributed by atoms with Crippen molar-refractivity contribution in [2.24, 2.45) is 0 Å². The summed E-state index contributed by atoms with van der Waals surface area (Å²) in [6.07, 6.45) is 0.540. The molecular formula is C12H18N2O3S. The number of carboxylic acid groups (broad SMARTS) is 1. The third kappa shape index (κ3) is 4.75. The minimum atomic E-state index is -0.907. The van der Waals surface area contributed by atoms with Crippen LogP contribution in [0.25, 0.3) is 0 Å². The number of aryl methyl sites for hydroxylation is 1. The molecule has 0 aliphatic carbocycles. The minimum Gasteiger partial charge on any atom is -0.481 e. The molecule has 0 bridgehead atoms. The maximum absolute atomic E-state index is 11.6. The molecule has 1 rings (SSSR count). The van der Waals surface area contributed by atoms with Gasteiger partial charge in [-0.05, 0) is 35.2 Å². The van der Waals surface area contributed by atoms with Gasteiger partial charge in [0, 0.05) is 12.6 Å². The fourth-order valence-electron chi connectivity index (χ4n) is 1.49. The molecule has 0 saturated heterocycles. The van der Waals surface area contributed by atoms with Crippen LogP contribution in [0.4, 0.5) is 4.79 Å². The van der Waals surface area contributed by atoms with Crippen molar-refractivity contribution in [3.63, 3.8) is 0 Å². The number of nitrogens with one attached hydrogen (secondary N) is 2. The summed E-state index contributed by atoms with van der Waals surface area (Å²) in [6, 6.07) is -0.653. The molecule has 1 aromatic heterocycles. The number of carboxylic acids is 1. The summed E-state index contributed by atoms with van der Waals surface area (Å²) in [5.41, 5.74) is 2.24. The molecule has 1 unspecified atom stereocenters. The van der Waals surface area contributed by atoms with E-state index in [0.717, 1.165) is 11.1 Å². The van der Waals surface area contributed by atoms with E-state index in [0.29, 0.717) is 13.0 Å². The van der Waals surface area contributed by atoms with Crippen molar-refractivity contribution < 1.29 is 14.7 Å². The molecule has 0 aliphatic rings. The van der Waals surface area contributed by atoms with Gasteiger partial charge in [-0.25, -0.2) is 4.79 Å². The third-order valence-electron chi connectivity index (χ3n) is 2.65. The molecular weight excluding hydrogens is 252 g/mol. The Labute approximate surface area is 110 Å². The van der Waals surface area contributed by atoms with Gasteiger partial charge in [-0.3, -0.25) is 4.79 Å². The topological polar surface area (TPSA) is 78.4 Å². The van der Waals surface area contributed by atoms with E-state index in [1.54, 1.807) is 11.3 Å². The zero-order chi connectivity index (χ0) is 13.5. The van der Waals surface area contributed by atoms with E-state index in [1.807, 2.05) is 24.6 Å². The second-order valence-electron chi connectivity index (χ2n) is 4.11. The summed E-state index contributed by atoms with van der Waals surface area (Å²) in [4.78, 5) is 22.2. The summed E-state index contributed by atoms with van der Waals surface area (Å²) in [5.74, 6) is -0.907. The molecule has 3 N–H and O–H groups in total. The number of aliphatic carboxylic acids is 1. The van der Waals surface area contributed by atoms with Gasteiger partial charge in [-0.2, -0.15) is 11.3 Å². The van der Waals surface area contributed by atoms with Gasteiger partial charge >= 0.3 is 12.0 Å². The lowest BCUT2D eigenvalue weighted by Crippen LogP contribution is -2.42. The monoisotopic (exact) mass is 270 g/mol. The lowest BCUT2D eigenvalue weighted by molar-refractivity contribution is -0.137. The maximum Gasteiger partial charge on any atom is 0.315 e. The first-order valence-corrected chi connectivity index (χ1v) is 6.75. The van der Waals surface area contributed by atoms with E-state index < -0.39 is 5.97 Å². The van der Waals surface area contributed by atoms with Crippen LogP contribution in [0.2, 0.25) is 0 Å². The Morgan fingerprint density at radius 2 is 2.17 bits per heavy atom. The summed E-state index contributed by atoms with van der Waals surface area (Å²) in [6.45, 7) is 4.30. The molecule has 0 aliphatic heterocycles. The smallest absolute Gasteiger partial charge is 0.315 e. The van der Waals surface area contributed by atoms with Gasteiger partial charge < -0.3 is 15.7 Å². The highest BCUT2D eigenvalue weighted by Gasteiger charge is 2.13. The lowest BCUT2D eigenvalue weighted by Gasteiger charge is -2.15. The van der Waals surface area contributed by atoms with Crippen molar-refractivity contribution in [1.82, 2.24) is 10.6 Å². The number of urea groups is 1. The first-order valence-electron chi connectivity index (χ1n) is 5.80. The Hall–Kier alpha value is -1.56. The van der Waals surface area contributed by atoms with E-state index >= 15 is 0 Å². The Morgan fingerprint density at radius 3 is 2.67 bits per heavy atom. The SMILES string of the molecule is CCC(CC(=O)O)NC(=O)NCc1cscc1C. The van der Waals surface area contributed by atoms with Crippen molar-refractivity contribution in [2.45, 2.75) is 39.3 Å². The Morgan fingerprint density at radius 1 is 1.44 bits per heavy atom. The summed E-state index contributed by atoms with van der Waals surface area (Å²) in [7, 11) is 0. The molecule has 5 nitrogen and oxygen atoms in total. The lowest BCUT2D eigenvalue weighted by atomic mass is 10.1. The van der Waals surface area contributed by atoms with Crippen LogP contribution in [0.15, 0.2) is 10.8 Å². The Kier molecular flexibility index (Phi) is 5.64. The molecule has 1 aromatic rings. The van der Waals surface area contributed by atoms with Crippen molar-refractivity contribution >= 4 is 23.3 Å². The maximum atomic E-state index is 11.6. The summed E-state index contributed by atoms with van der Waals surface area (Å²) >= 11 is 1.60. The highest BCUT2D eigenvalue weighted by molar-refractivity contribution is 7.08. The van der Waals surface area contributed by atoms with Crippen LogP contribution in [0.3, 0.4) is 0 Å². The normalized spacial score (nSPS) is 11.9. The van der Waals surface area contributed by atoms with Gasteiger partial charge in [0.05, 0.1) is 6.42 Å². The fraction of sp³-hybridized carbons (Fsp3) is 0.500. The van der Waals surface area contributed by atoms with Crippen LogP contribution in [-0.4, -0.2) is 23.1 Å². The van der Waals surface area contributed by atoms with Gasteiger partial charge in [0.25, 0.3) is 0 Å². The largest absolute Gasteiger partial charge is 0.481 e. The predicted molar refractivity (Wildman–Crippen MR) is 70.8 cm³/mol. The molecule has 0 fully saturated rings. The molecule has 0 radical (unpaired) electrons. The van der Waals surface area contributed by atoms with E-state index in [1.165, 1.54) is 0 Å². The van der Waals surface area contributed by atoms with Gasteiger partial charge in [0.15, 0.2) is 0 Å².